The van der Waals surface area contributed by atoms with E-state index in [1.165, 1.54) is 42.5 Å². The Labute approximate surface area is 246 Å². The smallest absolute Gasteiger partial charge is 0.315 e. The lowest BCUT2D eigenvalue weighted by molar-refractivity contribution is -0.0797. The van der Waals surface area contributed by atoms with Crippen LogP contribution in [0.15, 0.2) is 36.5 Å². The molecule has 1 saturated heterocycles. The Morgan fingerprint density at radius 2 is 1.67 bits per heavy atom. The average molecular weight is 573 g/mol. The lowest BCUT2D eigenvalue weighted by atomic mass is 9.91. The number of amides is 2. The van der Waals surface area contributed by atoms with Crippen LogP contribution in [0.25, 0.3) is 0 Å². The van der Waals surface area contributed by atoms with Crippen molar-refractivity contribution in [3.05, 3.63) is 53.3 Å². The minimum Gasteiger partial charge on any atom is -0.486 e. The molecule has 5 N–H and O–H groups in total. The molecule has 3 aliphatic carbocycles. The van der Waals surface area contributed by atoms with Crippen molar-refractivity contribution in [1.82, 2.24) is 30.8 Å². The molecule has 3 fully saturated rings. The number of fused-ring (bicyclic) bond motifs is 1. The summed E-state index contributed by atoms with van der Waals surface area (Å²) in [5.41, 5.74) is 3.74. The molecular weight excluding hydrogens is 532 g/mol. The molecule has 4 aliphatic rings. The standard InChI is InChI=1S/C31H40N8O3/c40-31(35-24-13-20-5-10-25(15-21(20)14-24)42-26-17-41-18-26)34-23-8-6-22(7-9-23)33-30-32-12-11-28(37-30)36-29-16-27(38-39-29)19-3-1-2-4-19/h5,10-12,15-16,19,22-24,26H,1-4,6-9,13-14,17-18H2,(H2,34,35,40)(H3,32,33,36,37,38,39). The molecule has 1 unspecified atom stereocenters. The van der Waals surface area contributed by atoms with E-state index in [0.29, 0.717) is 25.1 Å². The topological polar surface area (TPSA) is 138 Å². The summed E-state index contributed by atoms with van der Waals surface area (Å²) < 4.78 is 11.1. The number of nitrogens with one attached hydrogen (secondary N) is 5. The van der Waals surface area contributed by atoms with Gasteiger partial charge in [0.15, 0.2) is 5.82 Å². The molecule has 0 bridgehead atoms. The maximum absolute atomic E-state index is 12.8. The van der Waals surface area contributed by atoms with Gasteiger partial charge in [-0.1, -0.05) is 18.9 Å². The molecule has 1 aliphatic heterocycles. The first-order chi connectivity index (χ1) is 20.6. The fourth-order valence-corrected chi connectivity index (χ4v) is 6.70. The minimum atomic E-state index is -0.0798. The third-order valence-corrected chi connectivity index (χ3v) is 9.06. The second-order valence-electron chi connectivity index (χ2n) is 12.2. The van der Waals surface area contributed by atoms with Crippen LogP contribution < -0.4 is 26.0 Å². The molecule has 1 aromatic carbocycles. The molecule has 1 atom stereocenters. The maximum atomic E-state index is 12.8. The Morgan fingerprint density at radius 3 is 2.48 bits per heavy atom. The summed E-state index contributed by atoms with van der Waals surface area (Å²) in [6, 6.07) is 10.7. The molecule has 3 heterocycles. The summed E-state index contributed by atoms with van der Waals surface area (Å²) in [7, 11) is 0. The number of urea groups is 1. The van der Waals surface area contributed by atoms with Crippen LogP contribution in [0.3, 0.4) is 0 Å². The van der Waals surface area contributed by atoms with Gasteiger partial charge in [-0.25, -0.2) is 9.78 Å². The van der Waals surface area contributed by atoms with Crippen LogP contribution in [-0.2, 0) is 17.6 Å². The number of aromatic nitrogens is 4. The zero-order valence-corrected chi connectivity index (χ0v) is 23.9. The van der Waals surface area contributed by atoms with Gasteiger partial charge in [0, 0.05) is 42.0 Å². The Bertz CT molecular complexity index is 1380. The number of hydrogen-bond donors (Lipinski definition) is 5. The summed E-state index contributed by atoms with van der Waals surface area (Å²) in [5, 5.41) is 20.8. The van der Waals surface area contributed by atoms with Crippen LogP contribution in [0.1, 0.15) is 74.1 Å². The molecule has 0 spiro atoms. The fraction of sp³-hybridized carbons (Fsp3) is 0.548. The van der Waals surface area contributed by atoms with E-state index in [-0.39, 0.29) is 30.3 Å². The van der Waals surface area contributed by atoms with Crippen molar-refractivity contribution < 1.29 is 14.3 Å². The SMILES string of the molecule is O=C(NC1CCC(Nc2nccc(Nc3cc(C4CCCC4)[nH]n3)n2)CC1)NC1Cc2ccc(OC3COC3)cc2C1. The van der Waals surface area contributed by atoms with Crippen LogP contribution >= 0.6 is 0 Å². The Kier molecular flexibility index (Phi) is 7.82. The highest BCUT2D eigenvalue weighted by atomic mass is 16.6. The van der Waals surface area contributed by atoms with E-state index in [4.69, 9.17) is 9.47 Å². The van der Waals surface area contributed by atoms with Gasteiger partial charge >= 0.3 is 6.03 Å². The van der Waals surface area contributed by atoms with E-state index in [1.54, 1.807) is 6.20 Å². The van der Waals surface area contributed by atoms with Crippen molar-refractivity contribution in [3.8, 4) is 5.75 Å². The summed E-state index contributed by atoms with van der Waals surface area (Å²) in [6.07, 6.45) is 12.4. The lowest BCUT2D eigenvalue weighted by Crippen LogP contribution is -2.48. The number of anilines is 3. The third kappa shape index (κ3) is 6.46. The predicted octanol–water partition coefficient (Wildman–Crippen LogP) is 4.57. The predicted molar refractivity (Wildman–Crippen MR) is 159 cm³/mol. The van der Waals surface area contributed by atoms with Crippen LogP contribution in [0.5, 0.6) is 5.75 Å². The first-order valence-corrected chi connectivity index (χ1v) is 15.5. The Hall–Kier alpha value is -3.86. The van der Waals surface area contributed by atoms with E-state index in [9.17, 15) is 4.79 Å². The van der Waals surface area contributed by atoms with Crippen LogP contribution in [-0.4, -0.2) is 63.6 Å². The lowest BCUT2D eigenvalue weighted by Gasteiger charge is -2.30. The third-order valence-electron chi connectivity index (χ3n) is 9.06. The van der Waals surface area contributed by atoms with Crippen molar-refractivity contribution in [2.24, 2.45) is 0 Å². The normalized spacial score (nSPS) is 24.0. The van der Waals surface area contributed by atoms with Gasteiger partial charge in [-0.3, -0.25) is 5.10 Å². The van der Waals surface area contributed by atoms with Gasteiger partial charge in [0.2, 0.25) is 5.95 Å². The molecule has 0 radical (unpaired) electrons. The van der Waals surface area contributed by atoms with Crippen molar-refractivity contribution >= 4 is 23.6 Å². The molecule has 2 saturated carbocycles. The van der Waals surface area contributed by atoms with Gasteiger partial charge in [0.1, 0.15) is 17.7 Å². The second kappa shape index (κ2) is 12.2. The maximum Gasteiger partial charge on any atom is 0.315 e. The van der Waals surface area contributed by atoms with E-state index >= 15 is 0 Å². The highest BCUT2D eigenvalue weighted by Gasteiger charge is 2.27. The largest absolute Gasteiger partial charge is 0.486 e. The number of H-pyrrole nitrogens is 1. The molecule has 11 heteroatoms. The molecule has 2 amide bonds. The number of rotatable bonds is 9. The van der Waals surface area contributed by atoms with Gasteiger partial charge in [-0.2, -0.15) is 10.1 Å². The number of benzene rings is 1. The summed E-state index contributed by atoms with van der Waals surface area (Å²) >= 11 is 0. The van der Waals surface area contributed by atoms with E-state index in [0.717, 1.165) is 55.9 Å². The number of hydrogen-bond acceptors (Lipinski definition) is 8. The number of nitrogens with zero attached hydrogens (tertiary/aromatic N) is 3. The first kappa shape index (κ1) is 27.0. The van der Waals surface area contributed by atoms with E-state index in [2.05, 4.69) is 59.6 Å². The van der Waals surface area contributed by atoms with E-state index in [1.807, 2.05) is 12.1 Å². The van der Waals surface area contributed by atoms with Crippen LogP contribution in [0.2, 0.25) is 0 Å². The van der Waals surface area contributed by atoms with Crippen LogP contribution in [0.4, 0.5) is 22.4 Å². The van der Waals surface area contributed by atoms with Gasteiger partial charge in [-0.05, 0) is 80.7 Å². The summed E-state index contributed by atoms with van der Waals surface area (Å²) in [4.78, 5) is 21.9. The van der Waals surface area contributed by atoms with Crippen molar-refractivity contribution in [1.29, 1.82) is 0 Å². The Balaban J connectivity index is 0.839. The molecule has 3 aromatic rings. The molecular formula is C31H40N8O3. The van der Waals surface area contributed by atoms with Gasteiger partial charge < -0.3 is 30.7 Å². The Morgan fingerprint density at radius 1 is 0.881 bits per heavy atom. The molecule has 7 rings (SSSR count). The summed E-state index contributed by atoms with van der Waals surface area (Å²) in [6.45, 7) is 1.32. The highest BCUT2D eigenvalue weighted by Crippen LogP contribution is 2.34. The van der Waals surface area contributed by atoms with Gasteiger partial charge in [-0.15, -0.1) is 0 Å². The van der Waals surface area contributed by atoms with E-state index < -0.39 is 0 Å². The average Bonchev–Trinajstić information content (AvgIpc) is 3.73. The molecule has 222 valence electrons. The molecule has 2 aromatic heterocycles. The number of aromatic amines is 1. The van der Waals surface area contributed by atoms with Gasteiger partial charge in [0.05, 0.1) is 13.2 Å². The molecule has 11 nitrogen and oxygen atoms in total. The van der Waals surface area contributed by atoms with Crippen molar-refractivity contribution in [2.75, 3.05) is 23.8 Å². The van der Waals surface area contributed by atoms with Crippen LogP contribution in [0, 0.1) is 0 Å². The van der Waals surface area contributed by atoms with Crippen molar-refractivity contribution in [2.45, 2.75) is 94.4 Å². The second-order valence-corrected chi connectivity index (χ2v) is 12.2. The first-order valence-electron chi connectivity index (χ1n) is 15.5. The summed E-state index contributed by atoms with van der Waals surface area (Å²) in [5.74, 6) is 3.58. The number of ether oxygens (including phenoxy) is 2. The quantitative estimate of drug-likeness (QED) is 0.251. The van der Waals surface area contributed by atoms with Crippen molar-refractivity contribution in [3.63, 3.8) is 0 Å². The number of carbonyl (C=O) groups excluding carboxylic acids is 1. The minimum absolute atomic E-state index is 0.0798. The molecule has 42 heavy (non-hydrogen) atoms. The zero-order valence-electron chi connectivity index (χ0n) is 23.9. The fourth-order valence-electron chi connectivity index (χ4n) is 6.70. The number of carbonyl (C=O) groups is 1. The van der Waals surface area contributed by atoms with Gasteiger partial charge in [0.25, 0.3) is 0 Å². The zero-order chi connectivity index (χ0) is 28.3. The highest BCUT2D eigenvalue weighted by molar-refractivity contribution is 5.75. The monoisotopic (exact) mass is 572 g/mol.